The van der Waals surface area contributed by atoms with Crippen molar-refractivity contribution in [3.05, 3.63) is 34.4 Å². The Morgan fingerprint density at radius 3 is 2.19 bits per heavy atom. The first-order valence-corrected chi connectivity index (χ1v) is 11.8. The van der Waals surface area contributed by atoms with E-state index < -0.39 is 23.2 Å². The first-order valence-electron chi connectivity index (χ1n) is 11.8. The number of aryl methyl sites for hydroxylation is 1. The molecular formula is C26H38F5N. The number of alkyl halides is 5. The van der Waals surface area contributed by atoms with E-state index in [0.29, 0.717) is 24.6 Å². The van der Waals surface area contributed by atoms with Crippen molar-refractivity contribution in [2.75, 3.05) is 0 Å². The van der Waals surface area contributed by atoms with Crippen LogP contribution in [0.15, 0.2) is 17.1 Å². The number of rotatable bonds is 8. The van der Waals surface area contributed by atoms with Crippen LogP contribution in [-0.2, 0) is 12.1 Å². The molecule has 1 nitrogen and oxygen atoms in total. The molecule has 2 atom stereocenters. The highest BCUT2D eigenvalue weighted by molar-refractivity contribution is 6.01. The van der Waals surface area contributed by atoms with Gasteiger partial charge in [0, 0.05) is 23.8 Å². The van der Waals surface area contributed by atoms with Gasteiger partial charge in [-0.15, -0.1) is 0 Å². The molecule has 0 aliphatic heterocycles. The predicted molar refractivity (Wildman–Crippen MR) is 122 cm³/mol. The molecule has 1 aliphatic rings. The van der Waals surface area contributed by atoms with Crippen LogP contribution in [0.1, 0.15) is 108 Å². The van der Waals surface area contributed by atoms with E-state index >= 15 is 0 Å². The highest BCUT2D eigenvalue weighted by atomic mass is 19.4. The minimum atomic E-state index is -4.73. The second kappa shape index (κ2) is 10.2. The summed E-state index contributed by atoms with van der Waals surface area (Å²) in [5, 5.41) is 0. The summed E-state index contributed by atoms with van der Waals surface area (Å²) in [5.74, 6) is -3.04. The van der Waals surface area contributed by atoms with Crippen LogP contribution in [0.5, 0.6) is 0 Å². The average molecular weight is 460 g/mol. The fourth-order valence-corrected chi connectivity index (χ4v) is 5.25. The lowest BCUT2D eigenvalue weighted by atomic mass is 9.66. The molecule has 1 saturated carbocycles. The van der Waals surface area contributed by atoms with Crippen molar-refractivity contribution in [3.8, 4) is 0 Å². The minimum absolute atomic E-state index is 0.0480. The summed E-state index contributed by atoms with van der Waals surface area (Å²) in [6.07, 6.45) is 3.79. The summed E-state index contributed by atoms with van der Waals surface area (Å²) < 4.78 is 69.3. The Hall–Kier alpha value is -1.46. The number of hydrogen-bond donors (Lipinski definition) is 0. The van der Waals surface area contributed by atoms with Crippen LogP contribution in [0.4, 0.5) is 22.0 Å². The fraction of sp³-hybridized carbons (Fsp3) is 0.731. The first-order chi connectivity index (χ1) is 14.7. The van der Waals surface area contributed by atoms with Crippen LogP contribution in [0.2, 0.25) is 0 Å². The second-order valence-electron chi connectivity index (χ2n) is 10.2. The molecule has 0 radical (unpaired) electrons. The molecule has 182 valence electrons. The lowest BCUT2D eigenvalue weighted by molar-refractivity contribution is -0.138. The van der Waals surface area contributed by atoms with Gasteiger partial charge in [0.1, 0.15) is 0 Å². The molecule has 0 amide bonds. The molecule has 0 spiro atoms. The summed E-state index contributed by atoms with van der Waals surface area (Å²) in [6.45, 7) is 10.4. The highest BCUT2D eigenvalue weighted by Crippen LogP contribution is 2.44. The van der Waals surface area contributed by atoms with Crippen molar-refractivity contribution in [1.29, 1.82) is 0 Å². The van der Waals surface area contributed by atoms with Crippen LogP contribution < -0.4 is 0 Å². The van der Waals surface area contributed by atoms with Gasteiger partial charge < -0.3 is 0 Å². The SMILES string of the molecule is CCCCCC(C)(C)C1CCCCC1N=C(C)c1c(C)cc(C(C)(F)F)cc1C(F)(F)F. The minimum Gasteiger partial charge on any atom is -0.286 e. The Bertz CT molecular complexity index is 802. The van der Waals surface area contributed by atoms with Gasteiger partial charge in [0.25, 0.3) is 5.92 Å². The highest BCUT2D eigenvalue weighted by Gasteiger charge is 2.39. The Kier molecular flexibility index (Phi) is 8.55. The van der Waals surface area contributed by atoms with E-state index in [1.807, 2.05) is 0 Å². The van der Waals surface area contributed by atoms with Crippen molar-refractivity contribution in [1.82, 2.24) is 0 Å². The molecule has 32 heavy (non-hydrogen) atoms. The molecule has 1 aliphatic carbocycles. The average Bonchev–Trinajstić information content (AvgIpc) is 2.66. The molecule has 6 heteroatoms. The van der Waals surface area contributed by atoms with E-state index in [4.69, 9.17) is 4.99 Å². The molecule has 0 bridgehead atoms. The van der Waals surface area contributed by atoms with Crippen LogP contribution in [-0.4, -0.2) is 11.8 Å². The summed E-state index contributed by atoms with van der Waals surface area (Å²) in [4.78, 5) is 4.84. The number of halogens is 5. The van der Waals surface area contributed by atoms with Crippen molar-refractivity contribution in [2.24, 2.45) is 16.3 Å². The quantitative estimate of drug-likeness (QED) is 0.209. The van der Waals surface area contributed by atoms with Crippen LogP contribution in [0, 0.1) is 18.3 Å². The molecule has 1 aromatic rings. The zero-order chi connectivity index (χ0) is 24.3. The standard InChI is InChI=1S/C26H38F5N/c1-7-8-11-14-24(4,5)20-12-9-10-13-22(20)32-18(3)23-17(2)15-19(25(6,27)28)16-21(23)26(29,30)31/h15-16,20,22H,7-14H2,1-6H3. The lowest BCUT2D eigenvalue weighted by Crippen LogP contribution is -2.36. The smallest absolute Gasteiger partial charge is 0.286 e. The number of nitrogens with zero attached hydrogens (tertiary/aromatic N) is 1. The van der Waals surface area contributed by atoms with E-state index in [-0.39, 0.29) is 22.6 Å². The largest absolute Gasteiger partial charge is 0.417 e. The van der Waals surface area contributed by atoms with Gasteiger partial charge in [0.2, 0.25) is 0 Å². The van der Waals surface area contributed by atoms with E-state index in [1.54, 1.807) is 6.92 Å². The molecule has 2 unspecified atom stereocenters. The van der Waals surface area contributed by atoms with E-state index in [1.165, 1.54) is 13.3 Å². The third-order valence-corrected chi connectivity index (χ3v) is 7.03. The number of benzene rings is 1. The maximum atomic E-state index is 13.9. The molecule has 2 rings (SSSR count). The van der Waals surface area contributed by atoms with E-state index in [2.05, 4.69) is 20.8 Å². The van der Waals surface area contributed by atoms with E-state index in [0.717, 1.165) is 51.0 Å². The van der Waals surface area contributed by atoms with Crippen molar-refractivity contribution < 1.29 is 22.0 Å². The van der Waals surface area contributed by atoms with Gasteiger partial charge in [-0.3, -0.25) is 4.99 Å². The van der Waals surface area contributed by atoms with Gasteiger partial charge in [0.05, 0.1) is 11.6 Å². The second-order valence-corrected chi connectivity index (χ2v) is 10.2. The summed E-state index contributed by atoms with van der Waals surface area (Å²) in [5.41, 5.74) is -1.16. The van der Waals surface area contributed by atoms with Crippen molar-refractivity contribution in [2.45, 2.75) is 111 Å². The molecule has 0 aromatic heterocycles. The predicted octanol–water partition coefficient (Wildman–Crippen LogP) is 9.10. The Labute approximate surface area is 189 Å². The summed E-state index contributed by atoms with van der Waals surface area (Å²) in [6, 6.07) is 1.71. The first kappa shape index (κ1) is 26.8. The third kappa shape index (κ3) is 6.54. The molecule has 0 heterocycles. The van der Waals surface area contributed by atoms with E-state index in [9.17, 15) is 22.0 Å². The molecule has 0 saturated heterocycles. The molecule has 0 N–H and O–H groups in total. The molecular weight excluding hydrogens is 421 g/mol. The van der Waals surface area contributed by atoms with Gasteiger partial charge in [-0.05, 0) is 62.1 Å². The van der Waals surface area contributed by atoms with Crippen molar-refractivity contribution in [3.63, 3.8) is 0 Å². The maximum absolute atomic E-state index is 13.9. The zero-order valence-corrected chi connectivity index (χ0v) is 20.3. The maximum Gasteiger partial charge on any atom is 0.417 e. The number of unbranched alkanes of at least 4 members (excludes halogenated alkanes) is 2. The van der Waals surface area contributed by atoms with Crippen LogP contribution >= 0.6 is 0 Å². The van der Waals surface area contributed by atoms with Gasteiger partial charge >= 0.3 is 6.18 Å². The normalized spacial score (nSPS) is 21.2. The summed E-state index contributed by atoms with van der Waals surface area (Å²) in [7, 11) is 0. The zero-order valence-electron chi connectivity index (χ0n) is 20.3. The third-order valence-electron chi connectivity index (χ3n) is 7.03. The van der Waals surface area contributed by atoms with Crippen molar-refractivity contribution >= 4 is 5.71 Å². The monoisotopic (exact) mass is 459 g/mol. The number of hydrogen-bond acceptors (Lipinski definition) is 1. The lowest BCUT2D eigenvalue weighted by Gasteiger charge is -2.41. The topological polar surface area (TPSA) is 12.4 Å². The Balaban J connectivity index is 2.47. The Morgan fingerprint density at radius 1 is 1.00 bits per heavy atom. The van der Waals surface area contributed by atoms with Crippen LogP contribution in [0.3, 0.4) is 0 Å². The fourth-order valence-electron chi connectivity index (χ4n) is 5.25. The van der Waals surface area contributed by atoms with Gasteiger partial charge in [-0.25, -0.2) is 8.78 Å². The Morgan fingerprint density at radius 2 is 1.62 bits per heavy atom. The molecule has 1 fully saturated rings. The van der Waals surface area contributed by atoms with Gasteiger partial charge in [-0.2, -0.15) is 13.2 Å². The van der Waals surface area contributed by atoms with Crippen LogP contribution in [0.25, 0.3) is 0 Å². The van der Waals surface area contributed by atoms with Gasteiger partial charge in [0.15, 0.2) is 0 Å². The summed E-state index contributed by atoms with van der Waals surface area (Å²) >= 11 is 0. The molecule has 1 aromatic carbocycles. The number of aliphatic imine (C=N–C) groups is 1. The van der Waals surface area contributed by atoms with Gasteiger partial charge in [-0.1, -0.05) is 52.9 Å².